The summed E-state index contributed by atoms with van der Waals surface area (Å²) in [6.07, 6.45) is 0. The van der Waals surface area contributed by atoms with E-state index in [4.69, 9.17) is 25.8 Å². The third kappa shape index (κ3) is 6.39. The van der Waals surface area contributed by atoms with Crippen LogP contribution >= 0.6 is 22.9 Å². The number of nitrogens with one attached hydrogen (secondary N) is 1. The number of hydrogen-bond donors (Lipinski definition) is 1. The number of sulfonamides is 1. The van der Waals surface area contributed by atoms with E-state index in [1.54, 1.807) is 37.7 Å². The Morgan fingerprint density at radius 2 is 1.92 bits per heavy atom. The lowest BCUT2D eigenvalue weighted by molar-refractivity contribution is 0.249. The summed E-state index contributed by atoms with van der Waals surface area (Å²) in [7, 11) is 1.47. The lowest BCUT2D eigenvalue weighted by Crippen LogP contribution is -2.19. The fraction of sp³-hybridized carbons (Fsp3) is 0.292. The van der Waals surface area contributed by atoms with Gasteiger partial charge in [0.15, 0.2) is 22.0 Å². The van der Waals surface area contributed by atoms with Crippen LogP contribution in [-0.2, 0) is 16.6 Å². The molecule has 0 fully saturated rings. The minimum Gasteiger partial charge on any atom is -0.493 e. The number of thiazole rings is 1. The van der Waals surface area contributed by atoms with Crippen molar-refractivity contribution >= 4 is 49.3 Å². The maximum atomic E-state index is 13.2. The zero-order chi connectivity index (χ0) is 26.6. The van der Waals surface area contributed by atoms with E-state index < -0.39 is 10.0 Å². The third-order valence-electron chi connectivity index (χ3n) is 5.29. The van der Waals surface area contributed by atoms with Crippen molar-refractivity contribution in [2.45, 2.75) is 18.4 Å². The topological polar surface area (TPSA) is 116 Å². The van der Waals surface area contributed by atoms with Crippen molar-refractivity contribution in [3.05, 3.63) is 58.1 Å². The molecule has 1 N–H and O–H groups in total. The maximum absolute atomic E-state index is 13.2. The second-order valence-corrected chi connectivity index (χ2v) is 11.1. The van der Waals surface area contributed by atoms with Crippen molar-refractivity contribution in [3.8, 4) is 17.4 Å². The number of anilines is 1. The molecular formula is C24H26ClN5O5S2. The smallest absolute Gasteiger partial charge is 0.263 e. The molecule has 0 atom stereocenters. The monoisotopic (exact) mass is 563 g/mol. The van der Waals surface area contributed by atoms with Gasteiger partial charge in [0.25, 0.3) is 15.9 Å². The van der Waals surface area contributed by atoms with Gasteiger partial charge in [-0.25, -0.2) is 18.4 Å². The van der Waals surface area contributed by atoms with E-state index in [0.29, 0.717) is 39.2 Å². The van der Waals surface area contributed by atoms with Crippen LogP contribution in [0.1, 0.15) is 11.1 Å². The number of benzene rings is 2. The first-order chi connectivity index (χ1) is 17.7. The Bertz CT molecular complexity index is 1510. The minimum atomic E-state index is -4.03. The SMILES string of the molecule is COc1ccc(COc2nc3ncsc3nc2NS(=O)(=O)c2cccc(Cl)c2C)cc1OCCN(C)C. The largest absolute Gasteiger partial charge is 0.493 e. The van der Waals surface area contributed by atoms with E-state index in [2.05, 4.69) is 19.7 Å². The number of methoxy groups -OCH3 is 1. The van der Waals surface area contributed by atoms with E-state index in [-0.39, 0.29) is 23.2 Å². The summed E-state index contributed by atoms with van der Waals surface area (Å²) in [5.74, 6) is 1.11. The predicted molar refractivity (Wildman–Crippen MR) is 144 cm³/mol. The number of halogens is 1. The molecule has 0 aliphatic heterocycles. The number of rotatable bonds is 11. The summed E-state index contributed by atoms with van der Waals surface area (Å²) >= 11 is 7.38. The van der Waals surface area contributed by atoms with Gasteiger partial charge in [0.05, 0.1) is 17.5 Å². The van der Waals surface area contributed by atoms with Crippen LogP contribution in [0.4, 0.5) is 5.82 Å². The zero-order valence-corrected chi connectivity index (χ0v) is 23.1. The Balaban J connectivity index is 1.60. The standard InChI is InChI=1S/C24H26ClN5O5S2/c1-15-17(25)6-5-7-20(15)37(31,32)29-21-23(27-22-24(28-21)36-14-26-22)35-13-16-8-9-18(33-4)19(12-16)34-11-10-30(2)3/h5-9,12,14H,10-11,13H2,1-4H3,(H,28,29). The van der Waals surface area contributed by atoms with E-state index in [1.807, 2.05) is 31.1 Å². The van der Waals surface area contributed by atoms with E-state index in [1.165, 1.54) is 17.4 Å². The molecule has 4 rings (SSSR count). The quantitative estimate of drug-likeness (QED) is 0.284. The van der Waals surface area contributed by atoms with Gasteiger partial charge >= 0.3 is 0 Å². The van der Waals surface area contributed by atoms with Crippen LogP contribution < -0.4 is 18.9 Å². The van der Waals surface area contributed by atoms with Gasteiger partial charge in [-0.15, -0.1) is 11.3 Å². The first-order valence-corrected chi connectivity index (χ1v) is 13.9. The van der Waals surface area contributed by atoms with E-state index >= 15 is 0 Å². The van der Waals surface area contributed by atoms with Gasteiger partial charge in [0, 0.05) is 11.6 Å². The molecule has 196 valence electrons. The number of aromatic nitrogens is 3. The summed E-state index contributed by atoms with van der Waals surface area (Å²) < 4.78 is 46.1. The lowest BCUT2D eigenvalue weighted by Gasteiger charge is -2.15. The summed E-state index contributed by atoms with van der Waals surface area (Å²) in [4.78, 5) is 15.5. The molecule has 2 heterocycles. The van der Waals surface area contributed by atoms with Gasteiger partial charge in [-0.1, -0.05) is 23.7 Å². The van der Waals surface area contributed by atoms with Crippen LogP contribution in [0.15, 0.2) is 46.8 Å². The van der Waals surface area contributed by atoms with Crippen molar-refractivity contribution in [1.82, 2.24) is 19.9 Å². The molecule has 2 aromatic carbocycles. The summed E-state index contributed by atoms with van der Waals surface area (Å²) in [6, 6.07) is 10.1. The van der Waals surface area contributed by atoms with Gasteiger partial charge in [-0.2, -0.15) is 4.98 Å². The number of ether oxygens (including phenoxy) is 3. The summed E-state index contributed by atoms with van der Waals surface area (Å²) in [5.41, 5.74) is 3.12. The molecule has 0 saturated heterocycles. The molecule has 13 heteroatoms. The Hall–Kier alpha value is -3.19. The highest BCUT2D eigenvalue weighted by Crippen LogP contribution is 2.32. The minimum absolute atomic E-state index is 0.00690. The van der Waals surface area contributed by atoms with Crippen molar-refractivity contribution in [1.29, 1.82) is 0 Å². The highest BCUT2D eigenvalue weighted by atomic mass is 35.5. The second kappa shape index (κ2) is 11.5. The Morgan fingerprint density at radius 3 is 2.68 bits per heavy atom. The molecule has 0 radical (unpaired) electrons. The van der Waals surface area contributed by atoms with Gasteiger partial charge in [0.2, 0.25) is 5.82 Å². The highest BCUT2D eigenvalue weighted by molar-refractivity contribution is 7.92. The number of likely N-dealkylation sites (N-methyl/N-ethyl adjacent to an activating group) is 1. The molecule has 0 unspecified atom stereocenters. The Kier molecular flexibility index (Phi) is 8.32. The third-order valence-corrected chi connectivity index (χ3v) is 7.89. The van der Waals surface area contributed by atoms with Crippen molar-refractivity contribution < 1.29 is 22.6 Å². The summed E-state index contributed by atoms with van der Waals surface area (Å²) in [6.45, 7) is 2.93. The summed E-state index contributed by atoms with van der Waals surface area (Å²) in [5, 5.41) is 0.339. The second-order valence-electron chi connectivity index (χ2n) is 8.25. The van der Waals surface area contributed by atoms with Crippen molar-refractivity contribution in [2.24, 2.45) is 0 Å². The maximum Gasteiger partial charge on any atom is 0.263 e. The predicted octanol–water partition coefficient (Wildman–Crippen LogP) is 4.38. The first-order valence-electron chi connectivity index (χ1n) is 11.1. The van der Waals surface area contributed by atoms with Crippen LogP contribution in [-0.4, -0.2) is 62.6 Å². The van der Waals surface area contributed by atoms with E-state index in [9.17, 15) is 8.42 Å². The normalized spacial score (nSPS) is 11.6. The average Bonchev–Trinajstić information content (AvgIpc) is 3.31. The van der Waals surface area contributed by atoms with E-state index in [0.717, 1.165) is 12.1 Å². The molecule has 0 amide bonds. The number of fused-ring (bicyclic) bond motifs is 1. The van der Waals surface area contributed by atoms with Crippen molar-refractivity contribution in [3.63, 3.8) is 0 Å². The Labute approximate surface area is 224 Å². The molecule has 37 heavy (non-hydrogen) atoms. The number of nitrogens with zero attached hydrogens (tertiary/aromatic N) is 4. The molecule has 0 bridgehead atoms. The zero-order valence-electron chi connectivity index (χ0n) is 20.7. The van der Waals surface area contributed by atoms with Gasteiger partial charge in [0.1, 0.15) is 13.2 Å². The number of hydrogen-bond acceptors (Lipinski definition) is 10. The average molecular weight is 564 g/mol. The van der Waals surface area contributed by atoms with Gasteiger partial charge in [-0.3, -0.25) is 4.72 Å². The molecule has 0 aliphatic rings. The van der Waals surface area contributed by atoms with Crippen molar-refractivity contribution in [2.75, 3.05) is 39.1 Å². The van der Waals surface area contributed by atoms with Crippen LogP contribution in [0.2, 0.25) is 5.02 Å². The van der Waals surface area contributed by atoms with Crippen LogP contribution in [0, 0.1) is 6.92 Å². The van der Waals surface area contributed by atoms with Crippen LogP contribution in [0.5, 0.6) is 17.4 Å². The molecule has 2 aromatic heterocycles. The van der Waals surface area contributed by atoms with Crippen LogP contribution in [0.25, 0.3) is 10.5 Å². The van der Waals surface area contributed by atoms with Gasteiger partial charge in [-0.05, 0) is 56.4 Å². The molecule has 0 spiro atoms. The van der Waals surface area contributed by atoms with Gasteiger partial charge < -0.3 is 19.1 Å². The fourth-order valence-corrected chi connectivity index (χ4v) is 5.43. The first kappa shape index (κ1) is 26.9. The fourth-order valence-electron chi connectivity index (χ4n) is 3.33. The Morgan fingerprint density at radius 1 is 1.11 bits per heavy atom. The molecule has 10 nitrogen and oxygen atoms in total. The molecule has 4 aromatic rings. The van der Waals surface area contributed by atoms with Crippen LogP contribution in [0.3, 0.4) is 0 Å². The molecule has 0 saturated carbocycles. The molecular weight excluding hydrogens is 538 g/mol. The highest BCUT2D eigenvalue weighted by Gasteiger charge is 2.23. The lowest BCUT2D eigenvalue weighted by atomic mass is 10.2. The molecule has 0 aliphatic carbocycles.